The van der Waals surface area contributed by atoms with Crippen LogP contribution in [0.25, 0.3) is 0 Å². The maximum Gasteiger partial charge on any atom is 0.530 e. The smallest absolute Gasteiger partial charge is 0.236 e. The Kier molecular flexibility index (Phi) is 6.51. The van der Waals surface area contributed by atoms with Gasteiger partial charge in [0.05, 0.1) is 56.1 Å². The first-order chi connectivity index (χ1) is 9.63. The molecule has 2 unspecified atom stereocenters. The summed E-state index contributed by atoms with van der Waals surface area (Å²) in [5.41, 5.74) is 0. The van der Waals surface area contributed by atoms with Gasteiger partial charge in [-0.1, -0.05) is 0 Å². The summed E-state index contributed by atoms with van der Waals surface area (Å²) in [5, 5.41) is 0. The molecule has 1 saturated heterocycles. The highest BCUT2D eigenvalue weighted by atomic mass is 28.4. The molecule has 8 nitrogen and oxygen atoms in total. The minimum Gasteiger partial charge on any atom is -0.236 e. The molecule has 1 aliphatic heterocycles. The topological polar surface area (TPSA) is 36.9 Å². The van der Waals surface area contributed by atoms with Crippen LogP contribution < -0.4 is 0 Å². The van der Waals surface area contributed by atoms with Gasteiger partial charge in [0, 0.05) is 0 Å². The highest BCUT2D eigenvalue weighted by Crippen LogP contribution is 2.21. The van der Waals surface area contributed by atoms with E-state index in [0.717, 1.165) is 22.5 Å². The first kappa shape index (κ1) is 19.6. The van der Waals surface area contributed by atoms with Crippen molar-refractivity contribution in [3.05, 3.63) is 0 Å². The number of hydrogen-bond acceptors (Lipinski definition) is 4. The van der Waals surface area contributed by atoms with Gasteiger partial charge in [0.2, 0.25) is 0 Å². The largest absolute Gasteiger partial charge is 0.530 e. The lowest BCUT2D eigenvalue weighted by molar-refractivity contribution is -1.10. The van der Waals surface area contributed by atoms with Crippen LogP contribution in [0.3, 0.4) is 0 Å². The summed E-state index contributed by atoms with van der Waals surface area (Å²) in [6.45, 7) is 3.22. The number of rotatable bonds is 5. The fourth-order valence-corrected chi connectivity index (χ4v) is 24.0. The third-order valence-electron chi connectivity index (χ3n) is 4.60. The van der Waals surface area contributed by atoms with Crippen molar-refractivity contribution in [3.8, 4) is 0 Å². The molecular formula is C9H34N4O4Si4+4. The second-order valence-corrected chi connectivity index (χ2v) is 21.6. The molecule has 0 saturated carbocycles. The second kappa shape index (κ2) is 6.98. The Morgan fingerprint density at radius 3 is 1.19 bits per heavy atom. The Hall–Kier alpha value is 0.548. The molecule has 21 heavy (non-hydrogen) atoms. The highest BCUT2D eigenvalue weighted by molar-refractivity contribution is 6.46. The standard InChI is InChI=1S/C9H34N4O4Si4/c1-9-13(17-8)20-11(3,15-6)18-10(2,14-5)19-12(4,16-7)21-13/h9,18-21H2,1-8H3/q+4. The lowest BCUT2D eigenvalue weighted by Gasteiger charge is -2.48. The zero-order valence-electron chi connectivity index (χ0n) is 15.0. The van der Waals surface area contributed by atoms with Crippen LogP contribution >= 0.6 is 0 Å². The second-order valence-electron chi connectivity index (χ2n) is 6.56. The molecular weight excluding hydrogens is 340 g/mol. The van der Waals surface area contributed by atoms with Gasteiger partial charge in [-0.2, -0.15) is 0 Å². The van der Waals surface area contributed by atoms with E-state index in [1.165, 1.54) is 0 Å². The molecule has 0 N–H and O–H groups in total. The SMILES string of the molecule is CC[N+]1(OC)[SiH2][N+](C)(OC)[SiH2][N+](C)(OC)[SiH2][N+](C)(OC)[SiH2]1. The summed E-state index contributed by atoms with van der Waals surface area (Å²) >= 11 is 0. The average Bonchev–Trinajstić information content (AvgIpc) is 2.45. The van der Waals surface area contributed by atoms with Gasteiger partial charge in [0.15, 0.2) is 0 Å². The van der Waals surface area contributed by atoms with E-state index >= 15 is 0 Å². The molecule has 2 atom stereocenters. The summed E-state index contributed by atoms with van der Waals surface area (Å²) in [6, 6.07) is 0. The van der Waals surface area contributed by atoms with Crippen molar-refractivity contribution in [1.82, 2.24) is 0 Å². The van der Waals surface area contributed by atoms with Crippen molar-refractivity contribution < 1.29 is 35.3 Å². The molecule has 0 spiro atoms. The minimum absolute atomic E-state index is 0.694. The highest BCUT2D eigenvalue weighted by Gasteiger charge is 2.59. The number of hydrogen-bond donors (Lipinski definition) is 0. The van der Waals surface area contributed by atoms with Gasteiger partial charge in [0.1, 0.15) is 0 Å². The number of quaternary nitrogens is 4. The normalized spacial score (nSPS) is 49.7. The quantitative estimate of drug-likeness (QED) is 0.466. The summed E-state index contributed by atoms with van der Waals surface area (Å²) < 4.78 is 3.03. The molecule has 0 amide bonds. The van der Waals surface area contributed by atoms with Gasteiger partial charge < -0.3 is 0 Å². The summed E-state index contributed by atoms with van der Waals surface area (Å²) in [5.74, 6) is 0. The average molecular weight is 375 g/mol. The van der Waals surface area contributed by atoms with Gasteiger partial charge in [-0.15, -0.1) is 0 Å². The van der Waals surface area contributed by atoms with Crippen molar-refractivity contribution >= 4 is 39.4 Å². The van der Waals surface area contributed by atoms with Gasteiger partial charge in [-0.25, -0.2) is 35.3 Å². The van der Waals surface area contributed by atoms with Crippen LogP contribution in [0.2, 0.25) is 0 Å². The van der Waals surface area contributed by atoms with Gasteiger partial charge >= 0.3 is 39.4 Å². The number of hydroxylamine groups is 4. The van der Waals surface area contributed by atoms with Crippen LogP contribution in [0, 0.1) is 0 Å². The molecule has 0 radical (unpaired) electrons. The molecule has 0 aromatic rings. The Balaban J connectivity index is 3.24. The molecule has 1 heterocycles. The van der Waals surface area contributed by atoms with E-state index in [0.29, 0.717) is 0 Å². The third-order valence-corrected chi connectivity index (χ3v) is 17.0. The minimum atomic E-state index is -0.695. The molecule has 0 bridgehead atoms. The molecule has 1 rings (SSSR count). The Morgan fingerprint density at radius 2 is 0.952 bits per heavy atom. The van der Waals surface area contributed by atoms with Crippen LogP contribution in [-0.2, 0) is 19.4 Å². The van der Waals surface area contributed by atoms with Crippen LogP contribution in [0.15, 0.2) is 0 Å². The van der Waals surface area contributed by atoms with Gasteiger partial charge in [-0.05, 0) is 6.92 Å². The molecule has 1 aliphatic rings. The lowest BCUT2D eigenvalue weighted by atomic mass is 10.8. The molecule has 126 valence electrons. The lowest BCUT2D eigenvalue weighted by Crippen LogP contribution is -2.81. The van der Waals surface area contributed by atoms with Gasteiger partial charge in [-0.3, -0.25) is 0 Å². The van der Waals surface area contributed by atoms with E-state index < -0.39 is 39.4 Å². The Labute approximate surface area is 138 Å². The molecule has 12 heteroatoms. The molecule has 0 aromatic heterocycles. The van der Waals surface area contributed by atoms with E-state index in [2.05, 4.69) is 28.1 Å². The van der Waals surface area contributed by atoms with Crippen molar-refractivity contribution in [2.75, 3.05) is 56.1 Å². The van der Waals surface area contributed by atoms with E-state index in [1.54, 1.807) is 0 Å². The van der Waals surface area contributed by atoms with Crippen molar-refractivity contribution in [1.29, 1.82) is 0 Å². The van der Waals surface area contributed by atoms with E-state index in [9.17, 15) is 0 Å². The van der Waals surface area contributed by atoms with Crippen LogP contribution in [-0.4, -0.2) is 111 Å². The molecule has 0 aromatic carbocycles. The van der Waals surface area contributed by atoms with Crippen molar-refractivity contribution in [2.45, 2.75) is 6.92 Å². The van der Waals surface area contributed by atoms with Crippen molar-refractivity contribution in [2.24, 2.45) is 0 Å². The van der Waals surface area contributed by atoms with Crippen LogP contribution in [0.4, 0.5) is 0 Å². The zero-order chi connectivity index (χ0) is 16.4. The predicted molar refractivity (Wildman–Crippen MR) is 91.6 cm³/mol. The summed E-state index contributed by atoms with van der Waals surface area (Å²) in [6.07, 6.45) is 0. The van der Waals surface area contributed by atoms with Crippen LogP contribution in [0.1, 0.15) is 6.92 Å². The maximum atomic E-state index is 6.03. The Bertz CT molecular complexity index is 341. The summed E-state index contributed by atoms with van der Waals surface area (Å²) in [4.78, 5) is 23.8. The van der Waals surface area contributed by atoms with Crippen LogP contribution in [0.5, 0.6) is 0 Å². The van der Waals surface area contributed by atoms with E-state index in [-0.39, 0.29) is 0 Å². The maximum absolute atomic E-state index is 6.03. The van der Waals surface area contributed by atoms with E-state index in [1.807, 2.05) is 28.4 Å². The molecule has 0 aliphatic carbocycles. The first-order valence-corrected chi connectivity index (χ1v) is 12.3. The fourth-order valence-electron chi connectivity index (χ4n) is 3.33. The van der Waals surface area contributed by atoms with E-state index in [4.69, 9.17) is 19.4 Å². The molecule has 1 fully saturated rings. The Morgan fingerprint density at radius 1 is 0.619 bits per heavy atom. The van der Waals surface area contributed by atoms with Crippen molar-refractivity contribution in [3.63, 3.8) is 0 Å². The first-order valence-electron chi connectivity index (χ1n) is 7.26. The van der Waals surface area contributed by atoms with Gasteiger partial charge in [0.25, 0.3) is 0 Å². The number of nitrogens with zero attached hydrogens (tertiary/aromatic N) is 4. The summed E-state index contributed by atoms with van der Waals surface area (Å²) in [7, 11) is 11.2. The zero-order valence-corrected chi connectivity index (χ0v) is 20.6. The third kappa shape index (κ3) is 4.52. The fraction of sp³-hybridized carbons (Fsp3) is 1.00. The monoisotopic (exact) mass is 374 g/mol. The predicted octanol–water partition coefficient (Wildman–Crippen LogP) is -3.58.